The second kappa shape index (κ2) is 9.16. The van der Waals surface area contributed by atoms with E-state index in [-0.39, 0.29) is 0 Å². The summed E-state index contributed by atoms with van der Waals surface area (Å²) in [7, 11) is 0. The Morgan fingerprint density at radius 2 is 1.73 bits per heavy atom. The average Bonchev–Trinajstić information content (AvgIpc) is 3.11. The second-order valence-corrected chi connectivity index (χ2v) is 7.24. The molecule has 1 unspecified atom stereocenters. The second-order valence-electron chi connectivity index (χ2n) is 7.24. The van der Waals surface area contributed by atoms with Gasteiger partial charge in [-0.1, -0.05) is 18.2 Å². The standard InChI is InChI=1S/C20H30N4O2/c1-17(2)24-9-8-18(21-24)14-22-10-12-23(13-11-22)15-19(25)16-26-20-6-4-3-5-7-20/h3-9,17,19,25H,10-16H2,1-2H3. The van der Waals surface area contributed by atoms with Crippen molar-refractivity contribution < 1.29 is 9.84 Å². The van der Waals surface area contributed by atoms with E-state index in [1.807, 2.05) is 35.0 Å². The van der Waals surface area contributed by atoms with E-state index >= 15 is 0 Å². The molecule has 0 aliphatic carbocycles. The molecule has 2 aromatic rings. The molecule has 0 spiro atoms. The Morgan fingerprint density at radius 1 is 1.04 bits per heavy atom. The smallest absolute Gasteiger partial charge is 0.119 e. The maximum absolute atomic E-state index is 10.2. The van der Waals surface area contributed by atoms with Gasteiger partial charge in [-0.3, -0.25) is 14.5 Å². The Morgan fingerprint density at radius 3 is 2.38 bits per heavy atom. The number of nitrogens with zero attached hydrogens (tertiary/aromatic N) is 4. The summed E-state index contributed by atoms with van der Waals surface area (Å²) in [5, 5.41) is 14.9. The molecule has 1 aromatic carbocycles. The number of aliphatic hydroxyl groups is 1. The number of para-hydroxylation sites is 1. The lowest BCUT2D eigenvalue weighted by Gasteiger charge is -2.35. The number of aliphatic hydroxyl groups excluding tert-OH is 1. The van der Waals surface area contributed by atoms with Crippen LogP contribution in [-0.2, 0) is 6.54 Å². The highest BCUT2D eigenvalue weighted by Crippen LogP contribution is 2.11. The first-order valence-electron chi connectivity index (χ1n) is 9.45. The van der Waals surface area contributed by atoms with Crippen molar-refractivity contribution in [3.63, 3.8) is 0 Å². The van der Waals surface area contributed by atoms with Crippen LogP contribution in [0.25, 0.3) is 0 Å². The van der Waals surface area contributed by atoms with Crippen LogP contribution in [0.1, 0.15) is 25.6 Å². The SMILES string of the molecule is CC(C)n1ccc(CN2CCN(CC(O)COc3ccccc3)CC2)n1. The van der Waals surface area contributed by atoms with Crippen LogP contribution in [0.2, 0.25) is 0 Å². The first kappa shape index (κ1) is 18.9. The molecule has 1 aromatic heterocycles. The molecule has 0 radical (unpaired) electrons. The zero-order valence-electron chi connectivity index (χ0n) is 15.8. The minimum Gasteiger partial charge on any atom is -0.491 e. The largest absolute Gasteiger partial charge is 0.491 e. The zero-order chi connectivity index (χ0) is 18.4. The van der Waals surface area contributed by atoms with Crippen molar-refractivity contribution >= 4 is 0 Å². The Bertz CT molecular complexity index is 651. The van der Waals surface area contributed by atoms with E-state index in [2.05, 4.69) is 41.0 Å². The van der Waals surface area contributed by atoms with Gasteiger partial charge in [-0.05, 0) is 32.0 Å². The highest BCUT2D eigenvalue weighted by atomic mass is 16.5. The van der Waals surface area contributed by atoms with Crippen LogP contribution in [0.3, 0.4) is 0 Å². The van der Waals surface area contributed by atoms with E-state index in [0.717, 1.165) is 44.2 Å². The third kappa shape index (κ3) is 5.56. The Labute approximate surface area is 156 Å². The topological polar surface area (TPSA) is 53.8 Å². The number of piperazine rings is 1. The molecule has 0 amide bonds. The molecule has 1 aliphatic heterocycles. The predicted octanol–water partition coefficient (Wildman–Crippen LogP) is 2.02. The molecular weight excluding hydrogens is 328 g/mol. The summed E-state index contributed by atoms with van der Waals surface area (Å²) in [6.45, 7) is 10.1. The van der Waals surface area contributed by atoms with Gasteiger partial charge in [-0.15, -0.1) is 0 Å². The highest BCUT2D eigenvalue weighted by Gasteiger charge is 2.20. The van der Waals surface area contributed by atoms with Gasteiger partial charge in [0.2, 0.25) is 0 Å². The normalized spacial score (nSPS) is 17.5. The molecule has 142 valence electrons. The molecule has 26 heavy (non-hydrogen) atoms. The minimum atomic E-state index is -0.469. The summed E-state index contributed by atoms with van der Waals surface area (Å²) in [5.41, 5.74) is 1.13. The molecule has 2 heterocycles. The fraction of sp³-hybridized carbons (Fsp3) is 0.550. The molecule has 0 saturated carbocycles. The van der Waals surface area contributed by atoms with E-state index in [4.69, 9.17) is 4.74 Å². The first-order chi connectivity index (χ1) is 12.6. The molecule has 6 nitrogen and oxygen atoms in total. The summed E-state index contributed by atoms with van der Waals surface area (Å²) in [6.07, 6.45) is 1.59. The minimum absolute atomic E-state index is 0.330. The maximum atomic E-state index is 10.2. The first-order valence-corrected chi connectivity index (χ1v) is 9.45. The third-order valence-corrected chi connectivity index (χ3v) is 4.70. The number of ether oxygens (including phenoxy) is 1. The average molecular weight is 358 g/mol. The predicted molar refractivity (Wildman–Crippen MR) is 102 cm³/mol. The van der Waals surface area contributed by atoms with Gasteiger partial charge in [0.15, 0.2) is 0 Å². The van der Waals surface area contributed by atoms with Crippen molar-refractivity contribution in [1.29, 1.82) is 0 Å². The monoisotopic (exact) mass is 358 g/mol. The van der Waals surface area contributed by atoms with Gasteiger partial charge in [-0.2, -0.15) is 5.10 Å². The fourth-order valence-corrected chi connectivity index (χ4v) is 3.17. The molecule has 1 N–H and O–H groups in total. The van der Waals surface area contributed by atoms with Gasteiger partial charge in [0, 0.05) is 51.5 Å². The molecule has 3 rings (SSSR count). The fourth-order valence-electron chi connectivity index (χ4n) is 3.17. The Balaban J connectivity index is 1.36. The number of rotatable bonds is 8. The Hall–Kier alpha value is -1.89. The lowest BCUT2D eigenvalue weighted by Crippen LogP contribution is -2.48. The number of hydrogen-bond donors (Lipinski definition) is 1. The number of hydrogen-bond acceptors (Lipinski definition) is 5. The lowest BCUT2D eigenvalue weighted by atomic mass is 10.2. The summed E-state index contributed by atoms with van der Waals surface area (Å²) >= 11 is 0. The van der Waals surface area contributed by atoms with Gasteiger partial charge >= 0.3 is 0 Å². The van der Waals surface area contributed by atoms with Crippen LogP contribution in [0.15, 0.2) is 42.6 Å². The zero-order valence-corrected chi connectivity index (χ0v) is 15.8. The van der Waals surface area contributed by atoms with Crippen molar-refractivity contribution in [3.8, 4) is 5.75 Å². The number of aromatic nitrogens is 2. The van der Waals surface area contributed by atoms with Crippen molar-refractivity contribution in [3.05, 3.63) is 48.3 Å². The van der Waals surface area contributed by atoms with Gasteiger partial charge in [0.05, 0.1) is 5.69 Å². The van der Waals surface area contributed by atoms with Crippen LogP contribution in [0, 0.1) is 0 Å². The molecule has 1 saturated heterocycles. The number of benzene rings is 1. The molecule has 6 heteroatoms. The van der Waals surface area contributed by atoms with Crippen molar-refractivity contribution in [2.75, 3.05) is 39.3 Å². The van der Waals surface area contributed by atoms with Gasteiger partial charge in [0.25, 0.3) is 0 Å². The van der Waals surface area contributed by atoms with E-state index in [0.29, 0.717) is 19.2 Å². The van der Waals surface area contributed by atoms with Crippen LogP contribution < -0.4 is 4.74 Å². The van der Waals surface area contributed by atoms with E-state index in [1.54, 1.807) is 0 Å². The van der Waals surface area contributed by atoms with Crippen LogP contribution in [0.5, 0.6) is 5.75 Å². The molecular formula is C20H30N4O2. The van der Waals surface area contributed by atoms with Crippen LogP contribution >= 0.6 is 0 Å². The van der Waals surface area contributed by atoms with E-state index in [9.17, 15) is 5.11 Å². The van der Waals surface area contributed by atoms with Crippen LogP contribution in [-0.4, -0.2) is 70.1 Å². The summed E-state index contributed by atoms with van der Waals surface area (Å²) < 4.78 is 7.64. The summed E-state index contributed by atoms with van der Waals surface area (Å²) in [6, 6.07) is 12.2. The van der Waals surface area contributed by atoms with Gasteiger partial charge < -0.3 is 9.84 Å². The maximum Gasteiger partial charge on any atom is 0.119 e. The van der Waals surface area contributed by atoms with Crippen molar-refractivity contribution in [2.45, 2.75) is 32.5 Å². The molecule has 1 aliphatic rings. The number of β-amino-alcohol motifs (C(OH)–C–C–N with tert-alkyl or cyclic N) is 1. The lowest BCUT2D eigenvalue weighted by molar-refractivity contribution is 0.0443. The van der Waals surface area contributed by atoms with Crippen molar-refractivity contribution in [2.24, 2.45) is 0 Å². The molecule has 1 atom stereocenters. The third-order valence-electron chi connectivity index (χ3n) is 4.70. The molecule has 0 bridgehead atoms. The van der Waals surface area contributed by atoms with E-state index < -0.39 is 6.10 Å². The summed E-state index contributed by atoms with van der Waals surface area (Å²) in [4.78, 5) is 4.73. The molecule has 1 fully saturated rings. The summed E-state index contributed by atoms with van der Waals surface area (Å²) in [5.74, 6) is 0.803. The van der Waals surface area contributed by atoms with Gasteiger partial charge in [-0.25, -0.2) is 0 Å². The van der Waals surface area contributed by atoms with E-state index in [1.165, 1.54) is 0 Å². The Kier molecular flexibility index (Phi) is 6.66. The van der Waals surface area contributed by atoms with Gasteiger partial charge in [0.1, 0.15) is 18.5 Å². The van der Waals surface area contributed by atoms with Crippen molar-refractivity contribution in [1.82, 2.24) is 19.6 Å². The highest BCUT2D eigenvalue weighted by molar-refractivity contribution is 5.20. The quantitative estimate of drug-likeness (QED) is 0.782. The van der Waals surface area contributed by atoms with Crippen LogP contribution in [0.4, 0.5) is 0 Å².